The van der Waals surface area contributed by atoms with E-state index in [1.807, 2.05) is 6.92 Å². The van der Waals surface area contributed by atoms with Gasteiger partial charge in [-0.1, -0.05) is 53.2 Å². The van der Waals surface area contributed by atoms with Crippen molar-refractivity contribution in [3.63, 3.8) is 0 Å². The quantitative estimate of drug-likeness (QED) is 0.336. The molecular weight excluding hydrogens is 452 g/mol. The number of ether oxygens (including phenoxy) is 1. The summed E-state index contributed by atoms with van der Waals surface area (Å²) in [6.07, 6.45) is 7.94. The topological polar surface area (TPSA) is 87.0 Å². The van der Waals surface area contributed by atoms with Gasteiger partial charge in [-0.2, -0.15) is 0 Å². The van der Waals surface area contributed by atoms with E-state index in [1.165, 1.54) is 12.7 Å². The van der Waals surface area contributed by atoms with E-state index in [2.05, 4.69) is 47.6 Å². The van der Waals surface area contributed by atoms with E-state index in [-0.39, 0.29) is 45.4 Å². The van der Waals surface area contributed by atoms with Crippen LogP contribution in [0.4, 0.5) is 0 Å². The predicted octanol–water partition coefficient (Wildman–Crippen LogP) is 5.26. The lowest BCUT2D eigenvalue weighted by Gasteiger charge is -2.72. The summed E-state index contributed by atoms with van der Waals surface area (Å²) in [5, 5.41) is 34.8. The lowest BCUT2D eigenvalue weighted by atomic mass is 9.32. The minimum Gasteiger partial charge on any atom is -0.469 e. The lowest BCUT2D eigenvalue weighted by molar-refractivity contribution is -0.247. The van der Waals surface area contributed by atoms with Crippen LogP contribution >= 0.6 is 0 Å². The second-order valence-electron chi connectivity index (χ2n) is 15.1. The zero-order valence-corrected chi connectivity index (χ0v) is 23.9. The maximum absolute atomic E-state index is 13.4. The molecule has 0 aromatic rings. The number of rotatable bonds is 1. The van der Waals surface area contributed by atoms with Crippen LogP contribution in [0.25, 0.3) is 0 Å². The molecule has 36 heavy (non-hydrogen) atoms. The van der Waals surface area contributed by atoms with E-state index in [1.54, 1.807) is 0 Å². The fourth-order valence-electron chi connectivity index (χ4n) is 11.2. The van der Waals surface area contributed by atoms with E-state index >= 15 is 0 Å². The molecule has 11 atom stereocenters. The minimum atomic E-state index is -1.00. The summed E-state index contributed by atoms with van der Waals surface area (Å²) < 4.78 is 5.42. The monoisotopic (exact) mass is 502 g/mol. The molecule has 0 bridgehead atoms. The summed E-state index contributed by atoms with van der Waals surface area (Å²) in [6.45, 7) is 15.5. The number of fused-ring (bicyclic) bond motifs is 7. The first-order valence-corrected chi connectivity index (χ1v) is 14.4. The molecule has 4 saturated carbocycles. The predicted molar refractivity (Wildman–Crippen MR) is 140 cm³/mol. The van der Waals surface area contributed by atoms with Crippen molar-refractivity contribution in [2.45, 2.75) is 118 Å². The molecule has 5 nitrogen and oxygen atoms in total. The standard InChI is InChI=1S/C31H50O5/c1-18-11-14-31(25(34)36-8)16-15-28(5)19(23(31)30(18,7)35)9-10-21-27(4)13-12-22(33)26(2,3)24(27)20(32)17-29(21,28)6/h9,18,20-24,32-33,35H,10-17H2,1-8H3/t18-,20-,21-,22+,23-,24+,27-,28-,29-,30-,31+/m1/s1. The van der Waals surface area contributed by atoms with E-state index in [4.69, 9.17) is 4.74 Å². The number of esters is 1. The molecule has 0 unspecified atom stereocenters. The fraction of sp³-hybridized carbons (Fsp3) is 0.903. The van der Waals surface area contributed by atoms with Crippen LogP contribution in [-0.4, -0.2) is 46.2 Å². The molecular formula is C31H50O5. The first-order valence-electron chi connectivity index (χ1n) is 14.4. The Morgan fingerprint density at radius 3 is 2.31 bits per heavy atom. The molecule has 0 radical (unpaired) electrons. The van der Waals surface area contributed by atoms with Gasteiger partial charge in [-0.05, 0) is 97.7 Å². The van der Waals surface area contributed by atoms with Crippen LogP contribution in [0.5, 0.6) is 0 Å². The second kappa shape index (κ2) is 7.82. The molecule has 0 aliphatic heterocycles. The van der Waals surface area contributed by atoms with Gasteiger partial charge in [0.05, 0.1) is 30.3 Å². The fourth-order valence-corrected chi connectivity index (χ4v) is 11.2. The van der Waals surface area contributed by atoms with Gasteiger partial charge in [-0.3, -0.25) is 4.79 Å². The molecule has 0 heterocycles. The Hall–Kier alpha value is -0.910. The summed E-state index contributed by atoms with van der Waals surface area (Å²) in [5.41, 5.74) is -1.27. The van der Waals surface area contributed by atoms with Crippen LogP contribution in [0.2, 0.25) is 0 Å². The third-order valence-corrected chi connectivity index (χ3v) is 13.5. The highest BCUT2D eigenvalue weighted by molar-refractivity contribution is 5.79. The normalized spacial score (nSPS) is 55.8. The highest BCUT2D eigenvalue weighted by Gasteiger charge is 2.72. The van der Waals surface area contributed by atoms with E-state index in [9.17, 15) is 20.1 Å². The number of aliphatic hydroxyl groups excluding tert-OH is 2. The van der Waals surface area contributed by atoms with Crippen LogP contribution < -0.4 is 0 Å². The molecule has 3 N–H and O–H groups in total. The van der Waals surface area contributed by atoms with Gasteiger partial charge < -0.3 is 20.1 Å². The molecule has 0 amide bonds. The summed E-state index contributed by atoms with van der Waals surface area (Å²) >= 11 is 0. The average Bonchev–Trinajstić information content (AvgIpc) is 2.78. The maximum atomic E-state index is 13.4. The molecule has 0 aromatic carbocycles. The third-order valence-electron chi connectivity index (χ3n) is 13.5. The van der Waals surface area contributed by atoms with Crippen LogP contribution in [0.1, 0.15) is 99.8 Å². The SMILES string of the molecule is COC(=O)[C@]12CC[C@@H](C)[C@@](C)(O)[C@H]1C1=CC[C@@H]3[C@@]4(C)CC[C@H](O)C(C)(C)[C@@H]4[C@H](O)C[C@@]3(C)[C@]1(C)CC2. The molecule has 0 spiro atoms. The Kier molecular flexibility index (Phi) is 5.80. The number of hydrogen-bond acceptors (Lipinski definition) is 5. The van der Waals surface area contributed by atoms with Crippen molar-refractivity contribution >= 4 is 5.97 Å². The molecule has 5 aliphatic rings. The first kappa shape index (κ1) is 26.7. The summed E-state index contributed by atoms with van der Waals surface area (Å²) in [7, 11) is 1.49. The third kappa shape index (κ3) is 2.97. The zero-order valence-electron chi connectivity index (χ0n) is 23.9. The first-order chi connectivity index (χ1) is 16.5. The Morgan fingerprint density at radius 2 is 1.67 bits per heavy atom. The Balaban J connectivity index is 1.67. The van der Waals surface area contributed by atoms with Crippen molar-refractivity contribution in [2.24, 2.45) is 50.7 Å². The molecule has 0 saturated heterocycles. The van der Waals surface area contributed by atoms with Gasteiger partial charge in [0.2, 0.25) is 0 Å². The van der Waals surface area contributed by atoms with Gasteiger partial charge >= 0.3 is 5.97 Å². The molecule has 0 aromatic heterocycles. The maximum Gasteiger partial charge on any atom is 0.312 e. The van der Waals surface area contributed by atoms with Crippen molar-refractivity contribution in [1.29, 1.82) is 0 Å². The highest BCUT2D eigenvalue weighted by atomic mass is 16.5. The molecule has 4 fully saturated rings. The number of aliphatic hydroxyl groups is 3. The molecule has 5 heteroatoms. The number of hydrogen-bond donors (Lipinski definition) is 3. The van der Waals surface area contributed by atoms with Crippen molar-refractivity contribution in [3.8, 4) is 0 Å². The van der Waals surface area contributed by atoms with Crippen molar-refractivity contribution in [3.05, 3.63) is 11.6 Å². The molecule has 5 aliphatic carbocycles. The van der Waals surface area contributed by atoms with Gasteiger partial charge in [0.15, 0.2) is 0 Å². The smallest absolute Gasteiger partial charge is 0.312 e. The van der Waals surface area contributed by atoms with E-state index in [0.717, 1.165) is 38.5 Å². The van der Waals surface area contributed by atoms with Crippen LogP contribution in [0, 0.1) is 50.7 Å². The van der Waals surface area contributed by atoms with Crippen molar-refractivity contribution < 1.29 is 24.9 Å². The van der Waals surface area contributed by atoms with Gasteiger partial charge in [0, 0.05) is 5.92 Å². The summed E-state index contributed by atoms with van der Waals surface area (Å²) in [5.74, 6) is 0.0589. The van der Waals surface area contributed by atoms with E-state index in [0.29, 0.717) is 18.8 Å². The number of carbonyl (C=O) groups is 1. The number of allylic oxidation sites excluding steroid dienone is 1. The Morgan fingerprint density at radius 1 is 1.00 bits per heavy atom. The van der Waals surface area contributed by atoms with Gasteiger partial charge in [0.1, 0.15) is 0 Å². The lowest BCUT2D eigenvalue weighted by Crippen LogP contribution is -2.70. The van der Waals surface area contributed by atoms with Crippen LogP contribution in [-0.2, 0) is 9.53 Å². The summed E-state index contributed by atoms with van der Waals surface area (Å²) in [4.78, 5) is 13.4. The number of methoxy groups -OCH3 is 1. The summed E-state index contributed by atoms with van der Waals surface area (Å²) in [6, 6.07) is 0. The Bertz CT molecular complexity index is 968. The number of carbonyl (C=O) groups excluding carboxylic acids is 1. The highest BCUT2D eigenvalue weighted by Crippen LogP contribution is 2.76. The zero-order chi connectivity index (χ0) is 26.7. The van der Waals surface area contributed by atoms with Crippen LogP contribution in [0.3, 0.4) is 0 Å². The average molecular weight is 503 g/mol. The largest absolute Gasteiger partial charge is 0.469 e. The van der Waals surface area contributed by atoms with Gasteiger partial charge in [-0.15, -0.1) is 0 Å². The molecule has 5 rings (SSSR count). The van der Waals surface area contributed by atoms with Crippen molar-refractivity contribution in [2.75, 3.05) is 7.11 Å². The molecule has 204 valence electrons. The van der Waals surface area contributed by atoms with E-state index < -0.39 is 23.2 Å². The van der Waals surface area contributed by atoms with Crippen LogP contribution in [0.15, 0.2) is 11.6 Å². The minimum absolute atomic E-state index is 0.0425. The Labute approximate surface area is 218 Å². The van der Waals surface area contributed by atoms with Gasteiger partial charge in [-0.25, -0.2) is 0 Å². The van der Waals surface area contributed by atoms with Crippen molar-refractivity contribution in [1.82, 2.24) is 0 Å². The second-order valence-corrected chi connectivity index (χ2v) is 15.1. The van der Waals surface area contributed by atoms with Gasteiger partial charge in [0.25, 0.3) is 0 Å².